The first-order chi connectivity index (χ1) is 10.3. The molecule has 2 aromatic carbocycles. The highest BCUT2D eigenvalue weighted by Gasteiger charge is 2.23. The van der Waals surface area contributed by atoms with Gasteiger partial charge in [-0.1, -0.05) is 24.3 Å². The van der Waals surface area contributed by atoms with Crippen molar-refractivity contribution in [2.75, 3.05) is 19.0 Å². The molecule has 2 aromatic rings. The summed E-state index contributed by atoms with van der Waals surface area (Å²) < 4.78 is 18.5. The van der Waals surface area contributed by atoms with Gasteiger partial charge in [0.15, 0.2) is 0 Å². The fraction of sp³-hybridized carbons (Fsp3) is 0.333. The SMILES string of the molecule is COCCc1ccccc1NC1CCc2cc(F)ccc21. The zero-order valence-electron chi connectivity index (χ0n) is 12.2. The number of aryl methyl sites for hydroxylation is 1. The van der Waals surface area contributed by atoms with E-state index in [2.05, 4.69) is 17.4 Å². The van der Waals surface area contributed by atoms with Gasteiger partial charge in [-0.2, -0.15) is 0 Å². The van der Waals surface area contributed by atoms with Crippen molar-refractivity contribution in [3.8, 4) is 0 Å². The summed E-state index contributed by atoms with van der Waals surface area (Å²) in [4.78, 5) is 0. The van der Waals surface area contributed by atoms with Crippen molar-refractivity contribution in [2.24, 2.45) is 0 Å². The van der Waals surface area contributed by atoms with E-state index in [-0.39, 0.29) is 11.9 Å². The molecule has 21 heavy (non-hydrogen) atoms. The minimum Gasteiger partial charge on any atom is -0.384 e. The Morgan fingerprint density at radius 2 is 2.10 bits per heavy atom. The van der Waals surface area contributed by atoms with E-state index in [4.69, 9.17) is 4.74 Å². The molecule has 0 bridgehead atoms. The number of nitrogens with one attached hydrogen (secondary N) is 1. The summed E-state index contributed by atoms with van der Waals surface area (Å²) in [7, 11) is 1.72. The number of rotatable bonds is 5. The molecular formula is C18H20FNO. The number of benzene rings is 2. The lowest BCUT2D eigenvalue weighted by Crippen LogP contribution is -2.09. The van der Waals surface area contributed by atoms with E-state index in [0.29, 0.717) is 6.61 Å². The van der Waals surface area contributed by atoms with Gasteiger partial charge in [0.05, 0.1) is 12.6 Å². The molecule has 3 heteroatoms. The van der Waals surface area contributed by atoms with Crippen LogP contribution in [0.25, 0.3) is 0 Å². The molecule has 0 amide bonds. The van der Waals surface area contributed by atoms with E-state index in [9.17, 15) is 4.39 Å². The van der Waals surface area contributed by atoms with Gasteiger partial charge in [-0.15, -0.1) is 0 Å². The van der Waals surface area contributed by atoms with E-state index in [0.717, 1.165) is 30.5 Å². The highest BCUT2D eigenvalue weighted by atomic mass is 19.1. The van der Waals surface area contributed by atoms with Gasteiger partial charge in [0.25, 0.3) is 0 Å². The Hall–Kier alpha value is -1.87. The number of ether oxygens (including phenoxy) is 1. The van der Waals surface area contributed by atoms with Crippen molar-refractivity contribution in [1.29, 1.82) is 0 Å². The summed E-state index contributed by atoms with van der Waals surface area (Å²) in [5.41, 5.74) is 4.76. The average Bonchev–Trinajstić information content (AvgIpc) is 2.88. The number of halogens is 1. The predicted molar refractivity (Wildman–Crippen MR) is 83.1 cm³/mol. The summed E-state index contributed by atoms with van der Waals surface area (Å²) in [6, 6.07) is 13.7. The minimum absolute atomic E-state index is 0.144. The third kappa shape index (κ3) is 3.08. The lowest BCUT2D eigenvalue weighted by Gasteiger charge is -2.18. The van der Waals surface area contributed by atoms with Crippen molar-refractivity contribution in [2.45, 2.75) is 25.3 Å². The second-order valence-corrected chi connectivity index (χ2v) is 5.48. The van der Waals surface area contributed by atoms with E-state index in [1.807, 2.05) is 18.2 Å². The fourth-order valence-corrected chi connectivity index (χ4v) is 3.01. The Morgan fingerprint density at radius 1 is 1.24 bits per heavy atom. The third-order valence-electron chi connectivity index (χ3n) is 4.11. The van der Waals surface area contributed by atoms with Gasteiger partial charge in [0.1, 0.15) is 5.82 Å². The number of fused-ring (bicyclic) bond motifs is 1. The quantitative estimate of drug-likeness (QED) is 0.892. The van der Waals surface area contributed by atoms with E-state index in [1.165, 1.54) is 11.1 Å². The molecule has 0 aliphatic heterocycles. The van der Waals surface area contributed by atoms with Crippen molar-refractivity contribution >= 4 is 5.69 Å². The zero-order chi connectivity index (χ0) is 14.7. The molecule has 0 aromatic heterocycles. The van der Waals surface area contributed by atoms with Crippen LogP contribution in [0.2, 0.25) is 0 Å². The molecule has 0 heterocycles. The van der Waals surface area contributed by atoms with Crippen LogP contribution in [-0.2, 0) is 17.6 Å². The van der Waals surface area contributed by atoms with Crippen LogP contribution < -0.4 is 5.32 Å². The number of methoxy groups -OCH3 is 1. The van der Waals surface area contributed by atoms with Crippen LogP contribution in [0.3, 0.4) is 0 Å². The van der Waals surface area contributed by atoms with Crippen molar-refractivity contribution in [3.63, 3.8) is 0 Å². The van der Waals surface area contributed by atoms with E-state index >= 15 is 0 Å². The summed E-state index contributed by atoms with van der Waals surface area (Å²) >= 11 is 0. The standard InChI is InChI=1S/C18H20FNO/c1-21-11-10-13-4-2-3-5-17(13)20-18-9-6-14-12-15(19)7-8-16(14)18/h2-5,7-8,12,18,20H,6,9-11H2,1H3. The normalized spacial score (nSPS) is 16.8. The van der Waals surface area contributed by atoms with Crippen LogP contribution in [-0.4, -0.2) is 13.7 Å². The average molecular weight is 285 g/mol. The Bertz CT molecular complexity index is 626. The maximum absolute atomic E-state index is 13.3. The number of para-hydroxylation sites is 1. The molecule has 0 radical (unpaired) electrons. The minimum atomic E-state index is -0.144. The van der Waals surface area contributed by atoms with Crippen molar-refractivity contribution in [3.05, 3.63) is 65.0 Å². The van der Waals surface area contributed by atoms with E-state index < -0.39 is 0 Å². The maximum Gasteiger partial charge on any atom is 0.123 e. The lowest BCUT2D eigenvalue weighted by molar-refractivity contribution is 0.202. The molecule has 2 nitrogen and oxygen atoms in total. The summed E-state index contributed by atoms with van der Waals surface area (Å²) in [5.74, 6) is -0.144. The molecular weight excluding hydrogens is 265 g/mol. The topological polar surface area (TPSA) is 21.3 Å². The first kappa shape index (κ1) is 14.1. The zero-order valence-corrected chi connectivity index (χ0v) is 12.2. The van der Waals surface area contributed by atoms with Crippen LogP contribution in [0, 0.1) is 5.82 Å². The van der Waals surface area contributed by atoms with Gasteiger partial charge < -0.3 is 10.1 Å². The first-order valence-corrected chi connectivity index (χ1v) is 7.39. The largest absolute Gasteiger partial charge is 0.384 e. The smallest absolute Gasteiger partial charge is 0.123 e. The highest BCUT2D eigenvalue weighted by molar-refractivity contribution is 5.54. The Kier molecular flexibility index (Phi) is 4.20. The Morgan fingerprint density at radius 3 is 2.95 bits per heavy atom. The Labute approximate surface area is 125 Å². The number of hydrogen-bond acceptors (Lipinski definition) is 2. The van der Waals surface area contributed by atoms with Gasteiger partial charge in [0, 0.05) is 12.8 Å². The van der Waals surface area contributed by atoms with Gasteiger partial charge in [-0.05, 0) is 54.2 Å². The highest BCUT2D eigenvalue weighted by Crippen LogP contribution is 2.35. The number of anilines is 1. The predicted octanol–water partition coefficient (Wildman–Crippen LogP) is 4.11. The molecule has 3 rings (SSSR count). The van der Waals surface area contributed by atoms with Gasteiger partial charge >= 0.3 is 0 Å². The molecule has 0 saturated carbocycles. The van der Waals surface area contributed by atoms with Crippen molar-refractivity contribution < 1.29 is 9.13 Å². The molecule has 110 valence electrons. The molecule has 1 unspecified atom stereocenters. The van der Waals surface area contributed by atoms with E-state index in [1.54, 1.807) is 19.2 Å². The van der Waals surface area contributed by atoms with Crippen LogP contribution in [0.1, 0.15) is 29.2 Å². The summed E-state index contributed by atoms with van der Waals surface area (Å²) in [6.07, 6.45) is 2.84. The second-order valence-electron chi connectivity index (χ2n) is 5.48. The molecule has 0 spiro atoms. The molecule has 1 aliphatic carbocycles. The maximum atomic E-state index is 13.3. The van der Waals surface area contributed by atoms with Gasteiger partial charge in [-0.25, -0.2) is 4.39 Å². The summed E-state index contributed by atoms with van der Waals surface area (Å²) in [5, 5.41) is 3.62. The molecule has 1 aliphatic rings. The van der Waals surface area contributed by atoms with Crippen LogP contribution >= 0.6 is 0 Å². The van der Waals surface area contributed by atoms with Crippen LogP contribution in [0.5, 0.6) is 0 Å². The summed E-state index contributed by atoms with van der Waals surface area (Å²) in [6.45, 7) is 0.713. The first-order valence-electron chi connectivity index (χ1n) is 7.39. The molecule has 0 saturated heterocycles. The van der Waals surface area contributed by atoms with Gasteiger partial charge in [-0.3, -0.25) is 0 Å². The molecule has 1 atom stereocenters. The van der Waals surface area contributed by atoms with Crippen LogP contribution in [0.15, 0.2) is 42.5 Å². The Balaban J connectivity index is 1.80. The van der Waals surface area contributed by atoms with Crippen LogP contribution in [0.4, 0.5) is 10.1 Å². The van der Waals surface area contributed by atoms with Crippen molar-refractivity contribution in [1.82, 2.24) is 0 Å². The van der Waals surface area contributed by atoms with Gasteiger partial charge in [0.2, 0.25) is 0 Å². The lowest BCUT2D eigenvalue weighted by atomic mass is 10.1. The monoisotopic (exact) mass is 285 g/mol. The molecule has 0 fully saturated rings. The molecule has 1 N–H and O–H groups in total. The second kappa shape index (κ2) is 6.27. The number of hydrogen-bond donors (Lipinski definition) is 1. The third-order valence-corrected chi connectivity index (χ3v) is 4.11. The fourth-order valence-electron chi connectivity index (χ4n) is 3.01.